The number of benzene rings is 2. The molecule has 0 atom stereocenters. The van der Waals surface area contributed by atoms with Crippen LogP contribution in [0.3, 0.4) is 0 Å². The van der Waals surface area contributed by atoms with Crippen LogP contribution in [-0.2, 0) is 14.8 Å². The first kappa shape index (κ1) is 20.0. The summed E-state index contributed by atoms with van der Waals surface area (Å²) in [5.41, 5.74) is 1.69. The summed E-state index contributed by atoms with van der Waals surface area (Å²) < 4.78 is 33.5. The van der Waals surface area contributed by atoms with Gasteiger partial charge in [0.25, 0.3) is 0 Å². The molecule has 0 unspecified atom stereocenters. The summed E-state index contributed by atoms with van der Waals surface area (Å²) in [6.07, 6.45) is 1.82. The Morgan fingerprint density at radius 2 is 1.67 bits per heavy atom. The van der Waals surface area contributed by atoms with Gasteiger partial charge in [-0.3, -0.25) is 0 Å². The van der Waals surface area contributed by atoms with Gasteiger partial charge < -0.3 is 9.64 Å². The van der Waals surface area contributed by atoms with E-state index in [0.29, 0.717) is 18.0 Å². The van der Waals surface area contributed by atoms with E-state index in [1.807, 2.05) is 42.5 Å². The van der Waals surface area contributed by atoms with Crippen LogP contribution in [0.25, 0.3) is 11.1 Å². The van der Waals surface area contributed by atoms with Gasteiger partial charge in [0, 0.05) is 45.5 Å². The monoisotopic (exact) mass is 388 g/mol. The molecule has 2 aromatic rings. The van der Waals surface area contributed by atoms with Gasteiger partial charge in [-0.1, -0.05) is 48.5 Å². The average molecular weight is 389 g/mol. The first-order valence-corrected chi connectivity index (χ1v) is 10.9. The third kappa shape index (κ3) is 4.96. The zero-order valence-electron chi connectivity index (χ0n) is 15.9. The van der Waals surface area contributed by atoms with Crippen LogP contribution in [-0.4, -0.2) is 64.1 Å². The molecule has 1 aliphatic heterocycles. The van der Waals surface area contributed by atoms with Crippen LogP contribution in [0.1, 0.15) is 12.8 Å². The van der Waals surface area contributed by atoms with Gasteiger partial charge in [-0.15, -0.1) is 0 Å². The fourth-order valence-electron chi connectivity index (χ4n) is 3.53. The molecular formula is C21H28N2O3S. The van der Waals surface area contributed by atoms with Gasteiger partial charge in [-0.25, -0.2) is 8.42 Å². The van der Waals surface area contributed by atoms with Gasteiger partial charge in [0.05, 0.1) is 4.90 Å². The van der Waals surface area contributed by atoms with Crippen LogP contribution in [0.4, 0.5) is 0 Å². The predicted molar refractivity (Wildman–Crippen MR) is 108 cm³/mol. The van der Waals surface area contributed by atoms with Crippen molar-refractivity contribution in [2.45, 2.75) is 17.7 Å². The third-order valence-electron chi connectivity index (χ3n) is 4.96. The molecule has 1 fully saturated rings. The van der Waals surface area contributed by atoms with E-state index < -0.39 is 10.0 Å². The van der Waals surface area contributed by atoms with Gasteiger partial charge in [0.1, 0.15) is 0 Å². The van der Waals surface area contributed by atoms with Crippen LogP contribution in [0, 0.1) is 0 Å². The van der Waals surface area contributed by atoms with Crippen molar-refractivity contribution in [3.8, 4) is 11.1 Å². The number of methoxy groups -OCH3 is 1. The second-order valence-electron chi connectivity index (χ2n) is 6.81. The van der Waals surface area contributed by atoms with Crippen molar-refractivity contribution in [1.82, 2.24) is 9.21 Å². The Hall–Kier alpha value is -1.73. The number of sulfonamides is 1. The quantitative estimate of drug-likeness (QED) is 0.684. The largest absolute Gasteiger partial charge is 0.385 e. The molecule has 0 aromatic heterocycles. The molecule has 0 N–H and O–H groups in total. The Morgan fingerprint density at radius 1 is 0.926 bits per heavy atom. The lowest BCUT2D eigenvalue weighted by molar-refractivity contribution is 0.173. The molecular weight excluding hydrogens is 360 g/mol. The van der Waals surface area contributed by atoms with E-state index in [-0.39, 0.29) is 0 Å². The van der Waals surface area contributed by atoms with Gasteiger partial charge in [0.2, 0.25) is 10.0 Å². The molecule has 6 heteroatoms. The molecule has 0 spiro atoms. The van der Waals surface area contributed by atoms with E-state index in [1.54, 1.807) is 23.5 Å². The lowest BCUT2D eigenvalue weighted by atomic mass is 10.1. The van der Waals surface area contributed by atoms with Gasteiger partial charge >= 0.3 is 0 Å². The average Bonchev–Trinajstić information content (AvgIpc) is 2.95. The summed E-state index contributed by atoms with van der Waals surface area (Å²) in [4.78, 5) is 2.72. The number of nitrogens with zero attached hydrogens (tertiary/aromatic N) is 2. The van der Waals surface area contributed by atoms with Gasteiger partial charge in [-0.05, 0) is 31.0 Å². The van der Waals surface area contributed by atoms with E-state index in [9.17, 15) is 8.42 Å². The summed E-state index contributed by atoms with van der Waals surface area (Å²) in [5.74, 6) is 0. The maximum absolute atomic E-state index is 13.4. The highest BCUT2D eigenvalue weighted by atomic mass is 32.2. The molecule has 0 amide bonds. The number of hydrogen-bond acceptors (Lipinski definition) is 4. The van der Waals surface area contributed by atoms with Gasteiger partial charge in [0.15, 0.2) is 0 Å². The number of hydrogen-bond donors (Lipinski definition) is 0. The van der Waals surface area contributed by atoms with E-state index in [1.165, 1.54) is 0 Å². The standard InChI is InChI=1S/C21H28N2O3S/c1-26-18-8-14-22-13-7-15-23(17-16-22)27(24,25)21-12-6-5-11-20(21)19-9-3-2-4-10-19/h2-6,9-12H,7-8,13-18H2,1H3. The smallest absolute Gasteiger partial charge is 0.243 e. The first-order valence-electron chi connectivity index (χ1n) is 9.49. The number of ether oxygens (including phenoxy) is 1. The highest BCUT2D eigenvalue weighted by molar-refractivity contribution is 7.89. The fraction of sp³-hybridized carbons (Fsp3) is 0.429. The Balaban J connectivity index is 1.79. The molecule has 27 heavy (non-hydrogen) atoms. The summed E-state index contributed by atoms with van der Waals surface area (Å²) in [6.45, 7) is 4.46. The Kier molecular flexibility index (Phi) is 7.01. The SMILES string of the molecule is COCCCN1CCCN(S(=O)(=O)c2ccccc2-c2ccccc2)CC1. The molecule has 1 saturated heterocycles. The predicted octanol–water partition coefficient (Wildman–Crippen LogP) is 3.09. The van der Waals surface area contributed by atoms with Crippen LogP contribution >= 0.6 is 0 Å². The summed E-state index contributed by atoms with van der Waals surface area (Å²) in [6, 6.07) is 17.0. The molecule has 0 aliphatic carbocycles. The van der Waals surface area contributed by atoms with Crippen molar-refractivity contribution < 1.29 is 13.2 Å². The molecule has 2 aromatic carbocycles. The molecule has 0 radical (unpaired) electrons. The Morgan fingerprint density at radius 3 is 2.44 bits per heavy atom. The Labute approximate surface area is 162 Å². The van der Waals surface area contributed by atoms with Crippen molar-refractivity contribution in [3.63, 3.8) is 0 Å². The van der Waals surface area contributed by atoms with E-state index >= 15 is 0 Å². The zero-order valence-corrected chi connectivity index (χ0v) is 16.7. The molecule has 1 aliphatic rings. The van der Waals surface area contributed by atoms with Crippen LogP contribution in [0.5, 0.6) is 0 Å². The van der Waals surface area contributed by atoms with Gasteiger partial charge in [-0.2, -0.15) is 4.31 Å². The molecule has 5 nitrogen and oxygen atoms in total. The second kappa shape index (κ2) is 9.46. The minimum atomic E-state index is -3.53. The summed E-state index contributed by atoms with van der Waals surface area (Å²) in [7, 11) is -1.82. The molecule has 146 valence electrons. The zero-order chi connectivity index (χ0) is 19.1. The summed E-state index contributed by atoms with van der Waals surface area (Å²) >= 11 is 0. The third-order valence-corrected chi connectivity index (χ3v) is 6.92. The van der Waals surface area contributed by atoms with Crippen LogP contribution < -0.4 is 0 Å². The van der Waals surface area contributed by atoms with E-state index in [0.717, 1.165) is 50.2 Å². The lowest BCUT2D eigenvalue weighted by Gasteiger charge is -2.23. The fourth-order valence-corrected chi connectivity index (χ4v) is 5.21. The Bertz CT molecular complexity index is 824. The topological polar surface area (TPSA) is 49.9 Å². The first-order chi connectivity index (χ1) is 13.1. The van der Waals surface area contributed by atoms with Crippen molar-refractivity contribution in [3.05, 3.63) is 54.6 Å². The molecule has 0 saturated carbocycles. The van der Waals surface area contributed by atoms with E-state index in [2.05, 4.69) is 4.90 Å². The molecule has 1 heterocycles. The minimum absolute atomic E-state index is 0.393. The van der Waals surface area contributed by atoms with E-state index in [4.69, 9.17) is 4.74 Å². The molecule has 0 bridgehead atoms. The lowest BCUT2D eigenvalue weighted by Crippen LogP contribution is -2.35. The number of rotatable bonds is 7. The normalized spacial score (nSPS) is 16.9. The van der Waals surface area contributed by atoms with Crippen LogP contribution in [0.15, 0.2) is 59.5 Å². The highest BCUT2D eigenvalue weighted by Crippen LogP contribution is 2.29. The minimum Gasteiger partial charge on any atom is -0.385 e. The maximum atomic E-state index is 13.4. The van der Waals surface area contributed by atoms with Crippen LogP contribution in [0.2, 0.25) is 0 Å². The van der Waals surface area contributed by atoms with Crippen molar-refractivity contribution >= 4 is 10.0 Å². The highest BCUT2D eigenvalue weighted by Gasteiger charge is 2.28. The van der Waals surface area contributed by atoms with Crippen molar-refractivity contribution in [2.75, 3.05) is 46.4 Å². The van der Waals surface area contributed by atoms with Crippen molar-refractivity contribution in [1.29, 1.82) is 0 Å². The second-order valence-corrected chi connectivity index (χ2v) is 8.71. The van der Waals surface area contributed by atoms with Crippen molar-refractivity contribution in [2.24, 2.45) is 0 Å². The maximum Gasteiger partial charge on any atom is 0.243 e. The summed E-state index contributed by atoms with van der Waals surface area (Å²) in [5, 5.41) is 0. The molecule has 3 rings (SSSR count).